The number of carbonyl (C=O) groups excluding carboxylic acids is 2. The quantitative estimate of drug-likeness (QED) is 0.166. The summed E-state index contributed by atoms with van der Waals surface area (Å²) >= 11 is 0. The molecule has 3 heteroatoms. The van der Waals surface area contributed by atoms with Gasteiger partial charge < -0.3 is 5.73 Å². The van der Waals surface area contributed by atoms with Gasteiger partial charge in [0.2, 0.25) is 0 Å². The molecule has 6 aromatic rings. The van der Waals surface area contributed by atoms with E-state index >= 15 is 0 Å². The number of carbonyl (C=O) groups is 2. The van der Waals surface area contributed by atoms with Crippen molar-refractivity contribution in [3.8, 4) is 33.4 Å². The van der Waals surface area contributed by atoms with E-state index in [-0.39, 0.29) is 11.6 Å². The maximum absolute atomic E-state index is 14.7. The molecule has 0 saturated carbocycles. The van der Waals surface area contributed by atoms with Gasteiger partial charge in [-0.3, -0.25) is 9.59 Å². The van der Waals surface area contributed by atoms with Gasteiger partial charge in [0.1, 0.15) is 0 Å². The standard InChI is InChI=1S/C38H27NO2/c39-36-33(28-20-10-3-11-21-28)31(26-16-6-1-7-17-26)34(37(40)29-22-12-4-13-23-29)32(27-18-8-2-9-19-27)35(36)38(41)30-24-14-5-15-25-30/h1-25H,39H2. The molecular formula is C38H27NO2. The van der Waals surface area contributed by atoms with Crippen molar-refractivity contribution >= 4 is 17.3 Å². The number of benzene rings is 6. The van der Waals surface area contributed by atoms with E-state index in [9.17, 15) is 9.59 Å². The molecule has 6 aromatic carbocycles. The zero-order valence-electron chi connectivity index (χ0n) is 22.3. The van der Waals surface area contributed by atoms with Gasteiger partial charge in [-0.1, -0.05) is 152 Å². The van der Waals surface area contributed by atoms with Crippen LogP contribution in [0.15, 0.2) is 152 Å². The van der Waals surface area contributed by atoms with Crippen LogP contribution in [0.3, 0.4) is 0 Å². The number of nitrogens with two attached hydrogens (primary N) is 1. The van der Waals surface area contributed by atoms with E-state index < -0.39 is 0 Å². The molecule has 3 nitrogen and oxygen atoms in total. The molecule has 0 fully saturated rings. The van der Waals surface area contributed by atoms with E-state index in [4.69, 9.17) is 5.73 Å². The molecule has 0 aliphatic carbocycles. The first-order valence-corrected chi connectivity index (χ1v) is 13.5. The Labute approximate surface area is 239 Å². The summed E-state index contributed by atoms with van der Waals surface area (Å²) in [5.41, 5.74) is 13.5. The van der Waals surface area contributed by atoms with Crippen molar-refractivity contribution in [3.05, 3.63) is 174 Å². The Morgan fingerprint density at radius 1 is 0.366 bits per heavy atom. The first kappa shape index (κ1) is 25.7. The molecule has 0 atom stereocenters. The minimum absolute atomic E-state index is 0.178. The van der Waals surface area contributed by atoms with Crippen LogP contribution in [0.1, 0.15) is 31.8 Å². The second-order valence-corrected chi connectivity index (χ2v) is 9.78. The van der Waals surface area contributed by atoms with Gasteiger partial charge in [-0.15, -0.1) is 0 Å². The summed E-state index contributed by atoms with van der Waals surface area (Å²) in [4.78, 5) is 29.1. The van der Waals surface area contributed by atoms with Crippen molar-refractivity contribution in [1.29, 1.82) is 0 Å². The molecule has 0 aliphatic heterocycles. The highest BCUT2D eigenvalue weighted by molar-refractivity contribution is 6.27. The molecule has 6 rings (SSSR count). The minimum atomic E-state index is -0.235. The summed E-state index contributed by atoms with van der Waals surface area (Å²) < 4.78 is 0. The van der Waals surface area contributed by atoms with Crippen LogP contribution in [0.5, 0.6) is 0 Å². The zero-order chi connectivity index (χ0) is 28.2. The first-order chi connectivity index (χ1) is 20.1. The molecule has 0 bridgehead atoms. The number of anilines is 1. The van der Waals surface area contributed by atoms with Gasteiger partial charge >= 0.3 is 0 Å². The van der Waals surface area contributed by atoms with E-state index in [0.29, 0.717) is 44.6 Å². The number of ketones is 2. The predicted molar refractivity (Wildman–Crippen MR) is 167 cm³/mol. The van der Waals surface area contributed by atoms with Gasteiger partial charge in [0.15, 0.2) is 11.6 Å². The van der Waals surface area contributed by atoms with Crippen LogP contribution in [0.2, 0.25) is 0 Å². The maximum atomic E-state index is 14.7. The fourth-order valence-electron chi connectivity index (χ4n) is 5.39. The molecule has 0 radical (unpaired) electrons. The SMILES string of the molecule is Nc1c(C(=O)c2ccccc2)c(-c2ccccc2)c(C(=O)c2ccccc2)c(-c2ccccc2)c1-c1ccccc1. The fourth-order valence-corrected chi connectivity index (χ4v) is 5.39. The highest BCUT2D eigenvalue weighted by Crippen LogP contribution is 2.48. The maximum Gasteiger partial charge on any atom is 0.195 e. The van der Waals surface area contributed by atoms with Crippen LogP contribution in [0.25, 0.3) is 33.4 Å². The van der Waals surface area contributed by atoms with Gasteiger partial charge in [-0.25, -0.2) is 0 Å². The minimum Gasteiger partial charge on any atom is -0.398 e. The lowest BCUT2D eigenvalue weighted by Gasteiger charge is -2.25. The lowest BCUT2D eigenvalue weighted by molar-refractivity contribution is 0.103. The van der Waals surface area contributed by atoms with Crippen LogP contribution in [-0.4, -0.2) is 11.6 Å². The fraction of sp³-hybridized carbons (Fsp3) is 0. The van der Waals surface area contributed by atoms with E-state index in [1.54, 1.807) is 12.1 Å². The molecule has 0 aromatic heterocycles. The largest absolute Gasteiger partial charge is 0.398 e. The summed E-state index contributed by atoms with van der Waals surface area (Å²) in [6.07, 6.45) is 0. The molecule has 196 valence electrons. The van der Waals surface area contributed by atoms with Crippen molar-refractivity contribution < 1.29 is 9.59 Å². The van der Waals surface area contributed by atoms with Crippen molar-refractivity contribution in [3.63, 3.8) is 0 Å². The summed E-state index contributed by atoms with van der Waals surface area (Å²) in [7, 11) is 0. The van der Waals surface area contributed by atoms with E-state index in [0.717, 1.165) is 16.7 Å². The average Bonchev–Trinajstić information content (AvgIpc) is 3.05. The van der Waals surface area contributed by atoms with Crippen LogP contribution in [-0.2, 0) is 0 Å². The highest BCUT2D eigenvalue weighted by Gasteiger charge is 2.32. The monoisotopic (exact) mass is 529 g/mol. The molecule has 0 aliphatic rings. The normalized spacial score (nSPS) is 10.7. The molecule has 0 saturated heterocycles. The third-order valence-electron chi connectivity index (χ3n) is 7.25. The summed E-state index contributed by atoms with van der Waals surface area (Å²) in [5, 5.41) is 0. The van der Waals surface area contributed by atoms with Gasteiger partial charge in [0.25, 0.3) is 0 Å². The predicted octanol–water partition coefficient (Wildman–Crippen LogP) is 8.73. The van der Waals surface area contributed by atoms with Gasteiger partial charge in [-0.05, 0) is 16.7 Å². The Balaban J connectivity index is 1.85. The van der Waals surface area contributed by atoms with Crippen molar-refractivity contribution in [2.24, 2.45) is 0 Å². The molecule has 41 heavy (non-hydrogen) atoms. The van der Waals surface area contributed by atoms with Crippen molar-refractivity contribution in [2.45, 2.75) is 0 Å². The summed E-state index contributed by atoms with van der Waals surface area (Å²) in [5.74, 6) is -0.413. The molecule has 2 N–H and O–H groups in total. The Morgan fingerprint density at radius 3 is 1.10 bits per heavy atom. The number of nitrogen functional groups attached to an aromatic ring is 1. The van der Waals surface area contributed by atoms with Crippen LogP contribution < -0.4 is 5.73 Å². The van der Waals surface area contributed by atoms with E-state index in [1.165, 1.54) is 0 Å². The third-order valence-corrected chi connectivity index (χ3v) is 7.25. The number of hydrogen-bond acceptors (Lipinski definition) is 3. The molecule has 0 heterocycles. The Hall–Kier alpha value is -5.54. The summed E-state index contributed by atoms with van der Waals surface area (Å²) in [6.45, 7) is 0. The Morgan fingerprint density at radius 2 is 0.683 bits per heavy atom. The first-order valence-electron chi connectivity index (χ1n) is 13.5. The molecule has 0 spiro atoms. The Kier molecular flexibility index (Phi) is 7.08. The smallest absolute Gasteiger partial charge is 0.195 e. The zero-order valence-corrected chi connectivity index (χ0v) is 22.3. The van der Waals surface area contributed by atoms with Crippen molar-refractivity contribution in [2.75, 3.05) is 5.73 Å². The lowest BCUT2D eigenvalue weighted by Crippen LogP contribution is -2.16. The van der Waals surface area contributed by atoms with Gasteiger partial charge in [0, 0.05) is 33.4 Å². The molecule has 0 amide bonds. The Bertz CT molecular complexity index is 1830. The van der Waals surface area contributed by atoms with Gasteiger partial charge in [-0.2, -0.15) is 0 Å². The van der Waals surface area contributed by atoms with Crippen LogP contribution >= 0.6 is 0 Å². The average molecular weight is 530 g/mol. The highest BCUT2D eigenvalue weighted by atomic mass is 16.1. The number of rotatable bonds is 7. The summed E-state index contributed by atoms with van der Waals surface area (Å²) in [6, 6.07) is 47.4. The molecule has 0 unspecified atom stereocenters. The van der Waals surface area contributed by atoms with E-state index in [2.05, 4.69) is 0 Å². The molecular weight excluding hydrogens is 502 g/mol. The van der Waals surface area contributed by atoms with Crippen LogP contribution in [0, 0.1) is 0 Å². The van der Waals surface area contributed by atoms with Crippen molar-refractivity contribution in [1.82, 2.24) is 0 Å². The van der Waals surface area contributed by atoms with Crippen LogP contribution in [0.4, 0.5) is 5.69 Å². The third kappa shape index (κ3) is 4.86. The topological polar surface area (TPSA) is 60.2 Å². The van der Waals surface area contributed by atoms with Gasteiger partial charge in [0.05, 0.1) is 11.3 Å². The van der Waals surface area contributed by atoms with E-state index in [1.807, 2.05) is 140 Å². The lowest BCUT2D eigenvalue weighted by atomic mass is 9.77. The number of hydrogen-bond donors (Lipinski definition) is 1. The second-order valence-electron chi connectivity index (χ2n) is 9.78. The second kappa shape index (κ2) is 11.3.